The molecule has 0 radical (unpaired) electrons. The molecular formula is C27H24N2O2S. The van der Waals surface area contributed by atoms with E-state index in [0.717, 1.165) is 40.3 Å². The van der Waals surface area contributed by atoms with Gasteiger partial charge in [-0.2, -0.15) is 0 Å². The van der Waals surface area contributed by atoms with Gasteiger partial charge >= 0.3 is 0 Å². The Bertz CT molecular complexity index is 1200. The van der Waals surface area contributed by atoms with E-state index in [1.807, 2.05) is 54.7 Å². The molecule has 0 spiro atoms. The predicted octanol–water partition coefficient (Wildman–Crippen LogP) is 6.56. The maximum atomic E-state index is 13.0. The number of hydrogen-bond acceptors (Lipinski definition) is 4. The van der Waals surface area contributed by atoms with Crippen LogP contribution in [-0.4, -0.2) is 10.9 Å². The summed E-state index contributed by atoms with van der Waals surface area (Å²) in [5, 5.41) is 3.65. The van der Waals surface area contributed by atoms with Crippen molar-refractivity contribution in [2.75, 3.05) is 5.32 Å². The lowest BCUT2D eigenvalue weighted by Gasteiger charge is -2.27. The SMILES string of the molecule is CCc1ccc(Cc2cnc(NC(=O)CC3c4ccccc4Oc4ccccc43)s2)cc1. The van der Waals surface area contributed by atoms with Gasteiger partial charge < -0.3 is 10.1 Å². The molecule has 4 aromatic rings. The molecule has 0 atom stereocenters. The van der Waals surface area contributed by atoms with Gasteiger partial charge in [0.25, 0.3) is 0 Å². The van der Waals surface area contributed by atoms with Gasteiger partial charge in [-0.15, -0.1) is 11.3 Å². The first kappa shape index (κ1) is 20.5. The van der Waals surface area contributed by atoms with E-state index in [1.165, 1.54) is 22.5 Å². The summed E-state index contributed by atoms with van der Waals surface area (Å²) >= 11 is 1.53. The lowest BCUT2D eigenvalue weighted by Crippen LogP contribution is -2.19. The number of carbonyl (C=O) groups is 1. The summed E-state index contributed by atoms with van der Waals surface area (Å²) < 4.78 is 6.04. The van der Waals surface area contributed by atoms with Gasteiger partial charge in [-0.3, -0.25) is 4.79 Å². The average Bonchev–Trinajstić information content (AvgIpc) is 3.26. The first-order chi connectivity index (χ1) is 15.7. The van der Waals surface area contributed by atoms with Crippen molar-refractivity contribution in [2.24, 2.45) is 0 Å². The van der Waals surface area contributed by atoms with Crippen LogP contribution in [0.2, 0.25) is 0 Å². The lowest BCUT2D eigenvalue weighted by atomic mass is 9.85. The summed E-state index contributed by atoms with van der Waals surface area (Å²) in [5.74, 6) is 1.53. The van der Waals surface area contributed by atoms with Crippen LogP contribution in [0.3, 0.4) is 0 Å². The first-order valence-corrected chi connectivity index (χ1v) is 11.7. The Hall–Kier alpha value is -3.44. The zero-order chi connectivity index (χ0) is 21.9. The standard InChI is InChI=1S/C27H24N2O2S/c1-2-18-11-13-19(14-12-18)15-20-17-28-27(32-20)29-26(30)16-23-21-7-3-5-9-24(21)31-25-10-6-4-8-22(23)25/h3-14,17,23H,2,15-16H2,1H3,(H,28,29,30). The number of para-hydroxylation sites is 2. The fourth-order valence-corrected chi connectivity index (χ4v) is 4.99. The number of benzene rings is 3. The van der Waals surface area contributed by atoms with Crippen molar-refractivity contribution < 1.29 is 9.53 Å². The smallest absolute Gasteiger partial charge is 0.227 e. The molecule has 3 aromatic carbocycles. The normalized spacial score (nSPS) is 12.5. The maximum absolute atomic E-state index is 13.0. The highest BCUT2D eigenvalue weighted by atomic mass is 32.1. The zero-order valence-electron chi connectivity index (χ0n) is 17.9. The number of amides is 1. The van der Waals surface area contributed by atoms with Crippen LogP contribution in [-0.2, 0) is 17.6 Å². The van der Waals surface area contributed by atoms with Gasteiger partial charge in [-0.05, 0) is 29.7 Å². The van der Waals surface area contributed by atoms with Crippen molar-refractivity contribution in [3.63, 3.8) is 0 Å². The van der Waals surface area contributed by atoms with Crippen molar-refractivity contribution in [1.29, 1.82) is 0 Å². The molecule has 0 saturated carbocycles. The minimum atomic E-state index is -0.0485. The maximum Gasteiger partial charge on any atom is 0.227 e. The Morgan fingerprint density at radius 2 is 1.56 bits per heavy atom. The molecule has 0 unspecified atom stereocenters. The molecule has 0 saturated heterocycles. The van der Waals surface area contributed by atoms with Crippen LogP contribution in [0.5, 0.6) is 11.5 Å². The molecule has 32 heavy (non-hydrogen) atoms. The van der Waals surface area contributed by atoms with E-state index in [2.05, 4.69) is 41.5 Å². The van der Waals surface area contributed by atoms with Gasteiger partial charge in [0.1, 0.15) is 11.5 Å². The summed E-state index contributed by atoms with van der Waals surface area (Å²) in [4.78, 5) is 18.5. The van der Waals surface area contributed by atoms with Gasteiger partial charge in [0.15, 0.2) is 5.13 Å². The fraction of sp³-hybridized carbons (Fsp3) is 0.185. The van der Waals surface area contributed by atoms with Crippen LogP contribution in [0.25, 0.3) is 0 Å². The number of ether oxygens (including phenoxy) is 1. The number of thiazole rings is 1. The largest absolute Gasteiger partial charge is 0.457 e. The minimum Gasteiger partial charge on any atom is -0.457 e. The van der Waals surface area contributed by atoms with E-state index >= 15 is 0 Å². The molecular weight excluding hydrogens is 416 g/mol. The van der Waals surface area contributed by atoms with Gasteiger partial charge in [0.2, 0.25) is 5.91 Å². The number of hydrogen-bond donors (Lipinski definition) is 1. The number of nitrogens with one attached hydrogen (secondary N) is 1. The summed E-state index contributed by atoms with van der Waals surface area (Å²) in [6.07, 6.45) is 4.05. The van der Waals surface area contributed by atoms with E-state index in [-0.39, 0.29) is 11.8 Å². The Morgan fingerprint density at radius 3 is 2.22 bits per heavy atom. The second kappa shape index (κ2) is 8.97. The third-order valence-electron chi connectivity index (χ3n) is 5.81. The van der Waals surface area contributed by atoms with Crippen molar-refractivity contribution in [2.45, 2.75) is 32.1 Å². The van der Waals surface area contributed by atoms with Gasteiger partial charge in [-0.25, -0.2) is 4.98 Å². The molecule has 1 aromatic heterocycles. The van der Waals surface area contributed by atoms with Crippen molar-refractivity contribution >= 4 is 22.4 Å². The number of fused-ring (bicyclic) bond motifs is 2. The zero-order valence-corrected chi connectivity index (χ0v) is 18.7. The molecule has 1 aliphatic rings. The molecule has 5 heteroatoms. The van der Waals surface area contributed by atoms with Crippen LogP contribution in [0.15, 0.2) is 79.0 Å². The first-order valence-electron chi connectivity index (χ1n) is 10.9. The van der Waals surface area contributed by atoms with E-state index in [4.69, 9.17) is 4.74 Å². The molecule has 0 fully saturated rings. The van der Waals surface area contributed by atoms with Crippen molar-refractivity contribution in [1.82, 2.24) is 4.98 Å². The number of nitrogens with zero attached hydrogens (tertiary/aromatic N) is 1. The summed E-state index contributed by atoms with van der Waals surface area (Å²) in [7, 11) is 0. The summed E-state index contributed by atoms with van der Waals surface area (Å²) in [6.45, 7) is 2.16. The van der Waals surface area contributed by atoms with Gasteiger partial charge in [0, 0.05) is 41.0 Å². The molecule has 1 aliphatic heterocycles. The third kappa shape index (κ3) is 4.30. The number of anilines is 1. The van der Waals surface area contributed by atoms with Gasteiger partial charge in [-0.1, -0.05) is 67.6 Å². The Labute approximate surface area is 191 Å². The molecule has 0 aliphatic carbocycles. The summed E-state index contributed by atoms with van der Waals surface area (Å²) in [5.41, 5.74) is 4.66. The molecule has 5 rings (SSSR count). The predicted molar refractivity (Wildman–Crippen MR) is 129 cm³/mol. The number of rotatable bonds is 6. The fourth-order valence-electron chi connectivity index (χ4n) is 4.13. The Morgan fingerprint density at radius 1 is 0.938 bits per heavy atom. The highest BCUT2D eigenvalue weighted by Gasteiger charge is 2.28. The van der Waals surface area contributed by atoms with Crippen LogP contribution < -0.4 is 10.1 Å². The second-order valence-corrected chi connectivity index (χ2v) is 9.08. The van der Waals surface area contributed by atoms with Crippen LogP contribution >= 0.6 is 11.3 Å². The third-order valence-corrected chi connectivity index (χ3v) is 6.72. The van der Waals surface area contributed by atoms with Crippen molar-refractivity contribution in [3.8, 4) is 11.5 Å². The molecule has 160 valence electrons. The monoisotopic (exact) mass is 440 g/mol. The second-order valence-electron chi connectivity index (χ2n) is 7.96. The lowest BCUT2D eigenvalue weighted by molar-refractivity contribution is -0.116. The molecule has 2 heterocycles. The van der Waals surface area contributed by atoms with E-state index in [0.29, 0.717) is 11.6 Å². The molecule has 1 amide bonds. The van der Waals surface area contributed by atoms with E-state index < -0.39 is 0 Å². The van der Waals surface area contributed by atoms with E-state index in [1.54, 1.807) is 0 Å². The van der Waals surface area contributed by atoms with Crippen molar-refractivity contribution in [3.05, 3.63) is 106 Å². The number of aromatic nitrogens is 1. The quantitative estimate of drug-likeness (QED) is 0.369. The molecule has 0 bridgehead atoms. The van der Waals surface area contributed by atoms with Gasteiger partial charge in [0.05, 0.1) is 0 Å². The van der Waals surface area contributed by atoms with Crippen LogP contribution in [0.4, 0.5) is 5.13 Å². The molecule has 1 N–H and O–H groups in total. The van der Waals surface area contributed by atoms with E-state index in [9.17, 15) is 4.79 Å². The molecule has 4 nitrogen and oxygen atoms in total. The van der Waals surface area contributed by atoms with Crippen LogP contribution in [0.1, 0.15) is 46.4 Å². The highest BCUT2D eigenvalue weighted by Crippen LogP contribution is 2.45. The Kier molecular flexibility index (Phi) is 5.73. The summed E-state index contributed by atoms with van der Waals surface area (Å²) in [6, 6.07) is 24.5. The Balaban J connectivity index is 1.29. The minimum absolute atomic E-state index is 0.0466. The number of carbonyl (C=O) groups excluding carboxylic acids is 1. The van der Waals surface area contributed by atoms with Crippen LogP contribution in [0, 0.1) is 0 Å². The highest BCUT2D eigenvalue weighted by molar-refractivity contribution is 7.15. The average molecular weight is 441 g/mol. The topological polar surface area (TPSA) is 51.2 Å². The number of aryl methyl sites for hydroxylation is 1.